The van der Waals surface area contributed by atoms with Gasteiger partial charge in [-0.3, -0.25) is 0 Å². The van der Waals surface area contributed by atoms with Gasteiger partial charge in [0.2, 0.25) is 0 Å². The number of hydrogen-bond donors (Lipinski definition) is 0. The molecule has 0 saturated carbocycles. The lowest BCUT2D eigenvalue weighted by Crippen LogP contribution is -2.27. The normalized spacial score (nSPS) is 14.1. The van der Waals surface area contributed by atoms with Crippen LogP contribution in [0.5, 0.6) is 0 Å². The molecule has 14 rings (SSSR count). The summed E-state index contributed by atoms with van der Waals surface area (Å²) in [5.74, 6) is 0. The zero-order chi connectivity index (χ0) is 75.3. The van der Waals surface area contributed by atoms with E-state index in [1.54, 1.807) is 22.3 Å². The number of unbranched alkanes of at least 4 members (excludes halogenated alkanes) is 28. The van der Waals surface area contributed by atoms with E-state index in [1.807, 2.05) is 0 Å². The summed E-state index contributed by atoms with van der Waals surface area (Å²) in [7, 11) is 0. The quantitative estimate of drug-likeness (QED) is 0.0357. The van der Waals surface area contributed by atoms with Gasteiger partial charge in [0.25, 0.3) is 0 Å². The van der Waals surface area contributed by atoms with Crippen molar-refractivity contribution < 1.29 is 8.83 Å². The van der Waals surface area contributed by atoms with Crippen LogP contribution in [0.25, 0.3) is 88.4 Å². The second kappa shape index (κ2) is 36.2. The highest BCUT2D eigenvalue weighted by Crippen LogP contribution is 2.65. The molecule has 2 heterocycles. The largest absolute Gasteiger partial charge is 0.456 e. The minimum atomic E-state index is -0.214. The molecule has 11 aromatic rings. The number of hydrogen-bond acceptors (Lipinski definition) is 3. The summed E-state index contributed by atoms with van der Waals surface area (Å²) in [6, 6.07) is 63.5. The molecule has 0 amide bonds. The molecule has 0 unspecified atom stereocenters. The van der Waals surface area contributed by atoms with Gasteiger partial charge in [-0.2, -0.15) is 0 Å². The van der Waals surface area contributed by atoms with Crippen LogP contribution in [0.2, 0.25) is 0 Å². The smallest absolute Gasteiger partial charge is 0.143 e. The summed E-state index contributed by atoms with van der Waals surface area (Å²) in [5, 5.41) is 5.11. The number of para-hydroxylation sites is 2. The Hall–Kier alpha value is -7.62. The average molecular weight is 1450 g/mol. The van der Waals surface area contributed by atoms with Gasteiger partial charge < -0.3 is 13.7 Å². The molecule has 3 aliphatic carbocycles. The molecule has 574 valence electrons. The molecule has 109 heavy (non-hydrogen) atoms. The second-order valence-electron chi connectivity index (χ2n) is 34.6. The molecule has 0 spiro atoms. The molecule has 0 N–H and O–H groups in total. The number of rotatable bonds is 44. The number of anilines is 3. The monoisotopic (exact) mass is 1450 g/mol. The van der Waals surface area contributed by atoms with Crippen LogP contribution in [0.15, 0.2) is 167 Å². The molecule has 0 atom stereocenters. The van der Waals surface area contributed by atoms with Crippen LogP contribution in [0, 0.1) is 20.8 Å². The highest BCUT2D eigenvalue weighted by molar-refractivity contribution is 6.19. The van der Waals surface area contributed by atoms with E-state index in [2.05, 4.69) is 225 Å². The Balaban J connectivity index is 1.01. The molecule has 0 saturated heterocycles. The number of furan rings is 2. The number of benzene rings is 9. The van der Waals surface area contributed by atoms with Crippen molar-refractivity contribution >= 4 is 60.9 Å². The van der Waals surface area contributed by atoms with Gasteiger partial charge in [-0.1, -0.05) is 362 Å². The Morgan fingerprint density at radius 2 is 0.651 bits per heavy atom. The Kier molecular flexibility index (Phi) is 26.0. The van der Waals surface area contributed by atoms with Crippen LogP contribution in [0.3, 0.4) is 0 Å². The first-order valence-electron chi connectivity index (χ1n) is 44.9. The van der Waals surface area contributed by atoms with E-state index in [4.69, 9.17) is 8.83 Å². The van der Waals surface area contributed by atoms with Crippen molar-refractivity contribution in [2.24, 2.45) is 0 Å². The zero-order valence-corrected chi connectivity index (χ0v) is 69.1. The van der Waals surface area contributed by atoms with Crippen LogP contribution in [-0.4, -0.2) is 0 Å². The third-order valence-corrected chi connectivity index (χ3v) is 27.0. The highest BCUT2D eigenvalue weighted by Gasteiger charge is 2.50. The number of aryl methyl sites for hydroxylation is 3. The van der Waals surface area contributed by atoms with Gasteiger partial charge in [0.1, 0.15) is 22.3 Å². The number of nitrogens with zero attached hydrogens (tertiary/aromatic N) is 1. The summed E-state index contributed by atoms with van der Waals surface area (Å²) < 4.78 is 14.2. The molecule has 3 heteroatoms. The van der Waals surface area contributed by atoms with E-state index in [-0.39, 0.29) is 16.2 Å². The minimum Gasteiger partial charge on any atom is -0.456 e. The molecule has 9 aromatic carbocycles. The van der Waals surface area contributed by atoms with E-state index in [0.717, 1.165) is 48.0 Å². The summed E-state index contributed by atoms with van der Waals surface area (Å²) in [5.41, 5.74) is 32.0. The van der Waals surface area contributed by atoms with Crippen molar-refractivity contribution in [3.63, 3.8) is 0 Å². The summed E-state index contributed by atoms with van der Waals surface area (Å²) >= 11 is 0. The van der Waals surface area contributed by atoms with Crippen LogP contribution in [0.1, 0.15) is 348 Å². The van der Waals surface area contributed by atoms with Gasteiger partial charge in [-0.05, 0) is 203 Å². The average Bonchev–Trinajstić information content (AvgIpc) is 1.53. The van der Waals surface area contributed by atoms with Gasteiger partial charge in [0.15, 0.2) is 0 Å². The fourth-order valence-corrected chi connectivity index (χ4v) is 21.5. The van der Waals surface area contributed by atoms with Gasteiger partial charge in [0.05, 0.1) is 5.69 Å². The topological polar surface area (TPSA) is 29.5 Å². The molecule has 0 fully saturated rings. The van der Waals surface area contributed by atoms with E-state index in [9.17, 15) is 0 Å². The van der Waals surface area contributed by atoms with Gasteiger partial charge >= 0.3 is 0 Å². The summed E-state index contributed by atoms with van der Waals surface area (Å²) in [6.45, 7) is 21.3. The van der Waals surface area contributed by atoms with Crippen molar-refractivity contribution in [3.05, 3.63) is 208 Å². The van der Waals surface area contributed by atoms with E-state index in [0.29, 0.717) is 0 Å². The Morgan fingerprint density at radius 1 is 0.275 bits per heavy atom. The van der Waals surface area contributed by atoms with Gasteiger partial charge in [-0.25, -0.2) is 0 Å². The fourth-order valence-electron chi connectivity index (χ4n) is 21.5. The predicted molar refractivity (Wildman–Crippen MR) is 473 cm³/mol. The fraction of sp³-hybridized carbons (Fsp3) is 0.491. The highest BCUT2D eigenvalue weighted by atomic mass is 16.3. The van der Waals surface area contributed by atoms with Crippen molar-refractivity contribution in [1.29, 1.82) is 0 Å². The SMILES string of the molecule is CCCCCCCCC1(CCCCCCCC)c2cc(N(c3ccc4c(c3)C(CCCCCCC)(CCCCCCC)c3cc(-c5ccccc5)c5oc6ccccc6c5c3-4)c3c(C)cc(C)cc3C)ccc2-c2cc3c(cc21)-c1c(ccc2oc4ccccc4c12)C3(CCCCCCCC)CCCCCCCC. The third kappa shape index (κ3) is 15.6. The molecular weight excluding hydrogens is 1320 g/mol. The molecule has 2 aromatic heterocycles. The van der Waals surface area contributed by atoms with Crippen LogP contribution in [-0.2, 0) is 16.2 Å². The zero-order valence-electron chi connectivity index (χ0n) is 69.1. The first kappa shape index (κ1) is 78.1. The van der Waals surface area contributed by atoms with Crippen LogP contribution in [0.4, 0.5) is 17.1 Å². The first-order valence-corrected chi connectivity index (χ1v) is 44.9. The van der Waals surface area contributed by atoms with Gasteiger partial charge in [0, 0.05) is 54.7 Å². The third-order valence-electron chi connectivity index (χ3n) is 27.0. The van der Waals surface area contributed by atoms with Crippen molar-refractivity contribution in [3.8, 4) is 44.5 Å². The van der Waals surface area contributed by atoms with Crippen molar-refractivity contribution in [2.75, 3.05) is 4.90 Å². The lowest BCUT2D eigenvalue weighted by Gasteiger charge is -2.36. The molecule has 3 nitrogen and oxygen atoms in total. The van der Waals surface area contributed by atoms with E-state index >= 15 is 0 Å². The number of fused-ring (bicyclic) bond motifs is 17. The Labute approximate surface area is 658 Å². The molecular formula is C106H133NO2. The van der Waals surface area contributed by atoms with E-state index in [1.165, 1.54) is 342 Å². The van der Waals surface area contributed by atoms with Gasteiger partial charge in [-0.15, -0.1) is 0 Å². The minimum absolute atomic E-state index is 0.101. The van der Waals surface area contributed by atoms with Crippen LogP contribution < -0.4 is 4.90 Å². The predicted octanol–water partition coefficient (Wildman–Crippen LogP) is 34.1. The molecule has 0 aliphatic heterocycles. The van der Waals surface area contributed by atoms with Crippen molar-refractivity contribution in [1.82, 2.24) is 0 Å². The maximum Gasteiger partial charge on any atom is 0.143 e. The van der Waals surface area contributed by atoms with Crippen LogP contribution >= 0.6 is 0 Å². The Morgan fingerprint density at radius 3 is 1.16 bits per heavy atom. The first-order chi connectivity index (χ1) is 53.6. The summed E-state index contributed by atoms with van der Waals surface area (Å²) in [4.78, 5) is 2.78. The Bertz CT molecular complexity index is 4780. The lowest BCUT2D eigenvalue weighted by molar-refractivity contribution is 0.394. The maximum atomic E-state index is 7.21. The summed E-state index contributed by atoms with van der Waals surface area (Å²) in [6.07, 6.45) is 50.5. The lowest BCUT2D eigenvalue weighted by atomic mass is 9.68. The molecule has 0 radical (unpaired) electrons. The second-order valence-corrected chi connectivity index (χ2v) is 34.6. The molecule has 0 bridgehead atoms. The standard InChI is InChI=1S/C106H133NO2/c1-10-16-22-28-34-47-63-104(64-48-35-29-23-17-11-2)89-61-62-97-100(84-53-41-43-55-95(84)108-97)99(89)88-75-92-87(74-93(88)104)82-59-57-80(71-90(82)105(92,65-49-36-30-24-18-12-3)66-50-37-31-25-19-13-4)107(102-77(8)69-76(7)70-78(102)9)81-58-60-83-91(72-81)106(67-45-32-26-20-14-5,68-46-33-27-21-15-6)94-73-86(79-51-39-38-40-52-79)103-101(98(83)94)85-54-42-44-56-96(85)109-103/h38-44,51-62,69-75H,10-37,45-50,63-68H2,1-9H3. The van der Waals surface area contributed by atoms with E-state index < -0.39 is 0 Å². The maximum absolute atomic E-state index is 7.21. The van der Waals surface area contributed by atoms with Crippen molar-refractivity contribution in [2.45, 2.75) is 335 Å². The molecule has 3 aliphatic rings.